The third-order valence-electron chi connectivity index (χ3n) is 7.64. The van der Waals surface area contributed by atoms with Crippen LogP contribution in [0, 0.1) is 6.92 Å². The number of nitrogens with one attached hydrogen (secondary N) is 2. The lowest BCUT2D eigenvalue weighted by Crippen LogP contribution is -2.44. The van der Waals surface area contributed by atoms with Crippen LogP contribution in [0.4, 0.5) is 29.7 Å². The molecule has 0 aliphatic carbocycles. The van der Waals surface area contributed by atoms with E-state index in [9.17, 15) is 18.0 Å². The van der Waals surface area contributed by atoms with E-state index in [4.69, 9.17) is 16.6 Å². The summed E-state index contributed by atoms with van der Waals surface area (Å²) >= 11 is 7.57. The predicted octanol–water partition coefficient (Wildman–Crippen LogP) is 7.18. The molecule has 1 aliphatic rings. The number of benzene rings is 2. The maximum atomic E-state index is 14.0. The lowest BCUT2D eigenvalue weighted by Gasteiger charge is -2.33. The number of nitrogens with zero attached hydrogens (tertiary/aromatic N) is 5. The highest BCUT2D eigenvalue weighted by Crippen LogP contribution is 2.34. The summed E-state index contributed by atoms with van der Waals surface area (Å²) < 4.78 is 44.0. The van der Waals surface area contributed by atoms with Crippen molar-refractivity contribution in [3.63, 3.8) is 0 Å². The van der Waals surface area contributed by atoms with Crippen LogP contribution < -0.4 is 10.6 Å². The number of halogens is 4. The van der Waals surface area contributed by atoms with E-state index >= 15 is 0 Å². The summed E-state index contributed by atoms with van der Waals surface area (Å²) in [4.78, 5) is 26.4. The Morgan fingerprint density at radius 3 is 2.64 bits per heavy atom. The number of pyridine rings is 1. The Hall–Kier alpha value is -3.97. The van der Waals surface area contributed by atoms with Crippen molar-refractivity contribution in [2.45, 2.75) is 19.6 Å². The lowest BCUT2D eigenvalue weighted by molar-refractivity contribution is -0.138. The molecule has 4 heterocycles. The largest absolute Gasteiger partial charge is 0.416 e. The molecule has 0 atom stereocenters. The number of anilines is 3. The smallest absolute Gasteiger partial charge is 0.331 e. The molecule has 0 bridgehead atoms. The van der Waals surface area contributed by atoms with Crippen molar-refractivity contribution in [3.8, 4) is 11.4 Å². The number of likely N-dealkylation sites (N-methyl/N-ethyl adjacent to an activating group) is 1. The van der Waals surface area contributed by atoms with E-state index in [2.05, 4.69) is 20.5 Å². The number of carbonyl (C=O) groups excluding carboxylic acids is 1. The van der Waals surface area contributed by atoms with E-state index < -0.39 is 17.6 Å². The van der Waals surface area contributed by atoms with Crippen molar-refractivity contribution in [1.29, 1.82) is 0 Å². The highest BCUT2D eigenvalue weighted by Gasteiger charge is 2.34. The molecule has 0 saturated carbocycles. The first kappa shape index (κ1) is 30.1. The molecule has 0 spiro atoms. The highest BCUT2D eigenvalue weighted by atomic mass is 35.5. The van der Waals surface area contributed by atoms with Crippen LogP contribution in [0.25, 0.3) is 17.0 Å². The van der Waals surface area contributed by atoms with Crippen LogP contribution in [0.1, 0.15) is 27.0 Å². The van der Waals surface area contributed by atoms with Crippen LogP contribution >= 0.6 is 22.9 Å². The van der Waals surface area contributed by atoms with Crippen molar-refractivity contribution < 1.29 is 18.0 Å². The van der Waals surface area contributed by atoms with Crippen LogP contribution in [0.3, 0.4) is 0 Å². The van der Waals surface area contributed by atoms with Gasteiger partial charge >= 0.3 is 6.18 Å². The van der Waals surface area contributed by atoms with Crippen molar-refractivity contribution in [2.24, 2.45) is 0 Å². The summed E-state index contributed by atoms with van der Waals surface area (Å²) in [6.07, 6.45) is -1.07. The number of aromatic nitrogens is 3. The number of aryl methyl sites for hydroxylation is 1. The minimum atomic E-state index is -4.58. The molecule has 1 aliphatic heterocycles. The number of carbonyl (C=O) groups is 1. The highest BCUT2D eigenvalue weighted by molar-refractivity contribution is 7.14. The molecule has 6 rings (SSSR count). The quantitative estimate of drug-likeness (QED) is 0.196. The maximum Gasteiger partial charge on any atom is 0.416 e. The van der Waals surface area contributed by atoms with Gasteiger partial charge in [0.1, 0.15) is 11.3 Å². The Morgan fingerprint density at radius 1 is 1.07 bits per heavy atom. The third-order valence-corrected chi connectivity index (χ3v) is 8.62. The molecule has 3 aromatic heterocycles. The van der Waals surface area contributed by atoms with E-state index in [1.807, 2.05) is 40.8 Å². The van der Waals surface area contributed by atoms with Gasteiger partial charge in [-0.3, -0.25) is 14.1 Å². The molecule has 2 N–H and O–H groups in total. The summed E-state index contributed by atoms with van der Waals surface area (Å²) in [5.74, 6) is -0.626. The normalized spacial score (nSPS) is 14.7. The fourth-order valence-electron chi connectivity index (χ4n) is 5.11. The molecule has 0 radical (unpaired) electrons. The topological polar surface area (TPSA) is 77.8 Å². The average molecular weight is 640 g/mol. The maximum absolute atomic E-state index is 14.0. The molecule has 13 heteroatoms. The zero-order chi connectivity index (χ0) is 31.0. The number of thiazole rings is 1. The van der Waals surface area contributed by atoms with Gasteiger partial charge in [0, 0.05) is 61.2 Å². The monoisotopic (exact) mass is 639 g/mol. The zero-order valence-electron chi connectivity index (χ0n) is 24.0. The van der Waals surface area contributed by atoms with Gasteiger partial charge in [-0.25, -0.2) is 9.97 Å². The fourth-order valence-corrected chi connectivity index (χ4v) is 5.99. The first-order valence-corrected chi connectivity index (χ1v) is 15.2. The lowest BCUT2D eigenvalue weighted by atomic mass is 10.0. The van der Waals surface area contributed by atoms with E-state index in [1.54, 1.807) is 30.6 Å². The molecule has 2 aromatic carbocycles. The Labute approximate surface area is 261 Å². The van der Waals surface area contributed by atoms with Crippen LogP contribution in [0.15, 0.2) is 66.3 Å². The minimum absolute atomic E-state index is 0.0627. The summed E-state index contributed by atoms with van der Waals surface area (Å²) in [5, 5.41) is 9.14. The Bertz CT molecular complexity index is 1830. The summed E-state index contributed by atoms with van der Waals surface area (Å²) in [6, 6.07) is 12.7. The summed E-state index contributed by atoms with van der Waals surface area (Å²) in [6.45, 7) is 5.08. The van der Waals surface area contributed by atoms with E-state index in [-0.39, 0.29) is 17.7 Å². The standard InChI is InChI=1S/C31H29ClF3N7OS/c1-19-3-7-23(14-25(19)38-30-39-26(18-44-30)27-15-36-28-8-6-22(32)17-42(27)28)37-29(43)20-4-5-21(24(13-20)31(33,34)35)16-41-11-9-40(2)10-12-41/h3-8,13-15,17-18H,9-12,16H2,1-2H3,(H,37,43)(H,38,39). The van der Waals surface area contributed by atoms with Crippen molar-refractivity contribution >= 4 is 51.0 Å². The number of hydrogen-bond acceptors (Lipinski definition) is 7. The van der Waals surface area contributed by atoms with Crippen LogP contribution in [0.5, 0.6) is 0 Å². The molecule has 228 valence electrons. The van der Waals surface area contributed by atoms with Crippen LogP contribution in [-0.2, 0) is 12.7 Å². The SMILES string of the molecule is Cc1ccc(NC(=O)c2ccc(CN3CCN(C)CC3)c(C(F)(F)F)c2)cc1Nc1nc(-c2cnc3ccc(Cl)cn23)cs1. The Balaban J connectivity index is 1.18. The first-order valence-electron chi connectivity index (χ1n) is 13.9. The molecule has 5 aromatic rings. The summed E-state index contributed by atoms with van der Waals surface area (Å²) in [7, 11) is 2.00. The molecular weight excluding hydrogens is 611 g/mol. The van der Waals surface area contributed by atoms with E-state index in [1.165, 1.54) is 23.5 Å². The van der Waals surface area contributed by atoms with Crippen molar-refractivity contribution in [1.82, 2.24) is 24.2 Å². The average Bonchev–Trinajstić information content (AvgIpc) is 3.62. The van der Waals surface area contributed by atoms with E-state index in [0.717, 1.165) is 36.1 Å². The van der Waals surface area contributed by atoms with Gasteiger partial charge in [-0.15, -0.1) is 11.3 Å². The van der Waals surface area contributed by atoms with Gasteiger partial charge in [-0.1, -0.05) is 23.7 Å². The van der Waals surface area contributed by atoms with Crippen LogP contribution in [0.2, 0.25) is 5.02 Å². The number of piperazine rings is 1. The van der Waals surface area contributed by atoms with Gasteiger partial charge in [0.25, 0.3) is 5.91 Å². The minimum Gasteiger partial charge on any atom is -0.331 e. The van der Waals surface area contributed by atoms with Gasteiger partial charge in [-0.05, 0) is 61.5 Å². The number of fused-ring (bicyclic) bond motifs is 1. The number of hydrogen-bond donors (Lipinski definition) is 2. The molecule has 1 fully saturated rings. The summed E-state index contributed by atoms with van der Waals surface area (Å²) in [5.41, 5.74) is 3.59. The number of rotatable bonds is 7. The number of amides is 1. The fraction of sp³-hybridized carbons (Fsp3) is 0.258. The zero-order valence-corrected chi connectivity index (χ0v) is 25.5. The van der Waals surface area contributed by atoms with E-state index in [0.29, 0.717) is 40.3 Å². The number of alkyl halides is 3. The molecule has 0 unspecified atom stereocenters. The second-order valence-electron chi connectivity index (χ2n) is 10.8. The second kappa shape index (κ2) is 12.2. The molecule has 1 amide bonds. The predicted molar refractivity (Wildman–Crippen MR) is 168 cm³/mol. The second-order valence-corrected chi connectivity index (χ2v) is 12.1. The van der Waals surface area contributed by atoms with Gasteiger partial charge < -0.3 is 15.5 Å². The van der Waals surface area contributed by atoms with Crippen LogP contribution in [-0.4, -0.2) is 63.3 Å². The Morgan fingerprint density at radius 2 is 1.86 bits per heavy atom. The molecule has 44 heavy (non-hydrogen) atoms. The number of imidazole rings is 1. The molecular formula is C31H29ClF3N7OS. The van der Waals surface area contributed by atoms with Crippen molar-refractivity contribution in [3.05, 3.63) is 93.6 Å². The Kier molecular flexibility index (Phi) is 8.34. The molecule has 8 nitrogen and oxygen atoms in total. The first-order chi connectivity index (χ1) is 21.0. The van der Waals surface area contributed by atoms with Gasteiger partial charge in [0.15, 0.2) is 5.13 Å². The van der Waals surface area contributed by atoms with Crippen molar-refractivity contribution in [2.75, 3.05) is 43.9 Å². The van der Waals surface area contributed by atoms with Gasteiger partial charge in [-0.2, -0.15) is 13.2 Å². The third kappa shape index (κ3) is 6.58. The van der Waals surface area contributed by atoms with Gasteiger partial charge in [0.05, 0.1) is 22.5 Å². The van der Waals surface area contributed by atoms with Gasteiger partial charge in [0.2, 0.25) is 0 Å². The molecule has 1 saturated heterocycles.